The smallest absolute Gasteiger partial charge is 0.248 e. The Morgan fingerprint density at radius 1 is 0.889 bits per heavy atom. The van der Waals surface area contributed by atoms with E-state index in [2.05, 4.69) is 22.3 Å². The minimum absolute atomic E-state index is 0.0768. The van der Waals surface area contributed by atoms with Crippen LogP contribution < -0.4 is 4.90 Å². The summed E-state index contributed by atoms with van der Waals surface area (Å²) in [6.07, 6.45) is 0. The van der Waals surface area contributed by atoms with E-state index in [9.17, 15) is 4.79 Å². The number of alkyl halides is 1. The first-order valence-electron chi connectivity index (χ1n) is 8.82. The maximum absolute atomic E-state index is 12.6. The molecule has 5 heteroatoms. The number of carbonyl (C=O) groups excluding carboxylic acids is 1. The first-order valence-corrected chi connectivity index (χ1v) is 9.26. The van der Waals surface area contributed by atoms with Gasteiger partial charge >= 0.3 is 0 Å². The number of rotatable bonds is 2. The average molecular weight is 374 g/mol. The SMILES string of the molecule is Cc1ccc2c(c1)nnc1ccc(N3C(=O)C(Cl)C3c3ccccc3)cc12. The van der Waals surface area contributed by atoms with Crippen LogP contribution in [-0.2, 0) is 4.79 Å². The molecule has 1 fully saturated rings. The van der Waals surface area contributed by atoms with E-state index in [1.807, 2.05) is 61.5 Å². The summed E-state index contributed by atoms with van der Waals surface area (Å²) in [7, 11) is 0. The van der Waals surface area contributed by atoms with E-state index in [1.165, 1.54) is 0 Å². The highest BCUT2D eigenvalue weighted by atomic mass is 35.5. The van der Waals surface area contributed by atoms with Crippen molar-refractivity contribution >= 4 is 45.0 Å². The van der Waals surface area contributed by atoms with Crippen LogP contribution in [0.2, 0.25) is 0 Å². The van der Waals surface area contributed by atoms with Gasteiger partial charge in [-0.1, -0.05) is 42.5 Å². The Kier molecular flexibility index (Phi) is 3.62. The van der Waals surface area contributed by atoms with E-state index in [-0.39, 0.29) is 11.9 Å². The van der Waals surface area contributed by atoms with E-state index >= 15 is 0 Å². The lowest BCUT2D eigenvalue weighted by Crippen LogP contribution is -2.56. The first kappa shape index (κ1) is 16.2. The average Bonchev–Trinajstić information content (AvgIpc) is 2.71. The van der Waals surface area contributed by atoms with Gasteiger partial charge < -0.3 is 4.90 Å². The molecule has 0 spiro atoms. The van der Waals surface area contributed by atoms with Gasteiger partial charge in [0.05, 0.1) is 17.1 Å². The summed E-state index contributed by atoms with van der Waals surface area (Å²) in [5, 5.41) is 10.1. The number of benzene rings is 3. The molecule has 27 heavy (non-hydrogen) atoms. The molecule has 3 aromatic carbocycles. The Bertz CT molecular complexity index is 1190. The van der Waals surface area contributed by atoms with Crippen molar-refractivity contribution in [3.8, 4) is 0 Å². The van der Waals surface area contributed by atoms with E-state index in [4.69, 9.17) is 11.6 Å². The molecule has 1 amide bonds. The fourth-order valence-corrected chi connectivity index (χ4v) is 4.11. The number of β-lactam (4-membered cyclic amide) rings is 1. The second kappa shape index (κ2) is 6.03. The molecule has 5 rings (SSSR count). The lowest BCUT2D eigenvalue weighted by atomic mass is 9.92. The molecular weight excluding hydrogens is 358 g/mol. The second-order valence-electron chi connectivity index (χ2n) is 6.89. The third-order valence-electron chi connectivity index (χ3n) is 5.14. The number of aromatic nitrogens is 2. The van der Waals surface area contributed by atoms with Crippen molar-refractivity contribution in [2.75, 3.05) is 4.90 Å². The van der Waals surface area contributed by atoms with Crippen LogP contribution in [0, 0.1) is 6.92 Å². The van der Waals surface area contributed by atoms with Gasteiger partial charge in [0.1, 0.15) is 5.38 Å². The number of anilines is 1. The van der Waals surface area contributed by atoms with Gasteiger partial charge in [-0.2, -0.15) is 0 Å². The molecule has 2 unspecified atom stereocenters. The molecule has 0 bridgehead atoms. The van der Waals surface area contributed by atoms with Gasteiger partial charge in [0, 0.05) is 16.5 Å². The molecule has 4 nitrogen and oxygen atoms in total. The Morgan fingerprint density at radius 2 is 1.67 bits per heavy atom. The van der Waals surface area contributed by atoms with Crippen molar-refractivity contribution in [3.05, 3.63) is 77.9 Å². The third-order valence-corrected chi connectivity index (χ3v) is 5.56. The molecule has 1 aliphatic rings. The molecule has 0 radical (unpaired) electrons. The van der Waals surface area contributed by atoms with E-state index < -0.39 is 5.38 Å². The zero-order chi connectivity index (χ0) is 18.5. The van der Waals surface area contributed by atoms with Crippen LogP contribution in [0.3, 0.4) is 0 Å². The van der Waals surface area contributed by atoms with Gasteiger partial charge in [-0.05, 0) is 42.3 Å². The fraction of sp³-hybridized carbons (Fsp3) is 0.136. The molecule has 2 atom stereocenters. The lowest BCUT2D eigenvalue weighted by molar-refractivity contribution is -0.123. The third kappa shape index (κ3) is 2.48. The number of nitrogens with zero attached hydrogens (tertiary/aromatic N) is 3. The number of carbonyl (C=O) groups is 1. The van der Waals surface area contributed by atoms with Crippen LogP contribution in [0.1, 0.15) is 17.2 Å². The quantitative estimate of drug-likeness (QED) is 0.288. The minimum Gasteiger partial charge on any atom is -0.301 e. The summed E-state index contributed by atoms with van der Waals surface area (Å²) in [4.78, 5) is 14.3. The molecule has 2 heterocycles. The Balaban J connectivity index is 1.66. The highest BCUT2D eigenvalue weighted by Crippen LogP contribution is 2.43. The molecule has 1 aromatic heterocycles. The largest absolute Gasteiger partial charge is 0.301 e. The molecular formula is C22H16ClN3O. The minimum atomic E-state index is -0.543. The molecule has 132 valence electrons. The van der Waals surface area contributed by atoms with Crippen molar-refractivity contribution < 1.29 is 4.79 Å². The van der Waals surface area contributed by atoms with Crippen LogP contribution in [0.25, 0.3) is 21.8 Å². The fourth-order valence-electron chi connectivity index (χ4n) is 3.75. The maximum Gasteiger partial charge on any atom is 0.248 e. The summed E-state index contributed by atoms with van der Waals surface area (Å²) >= 11 is 6.36. The van der Waals surface area contributed by atoms with Crippen LogP contribution in [0.15, 0.2) is 66.7 Å². The van der Waals surface area contributed by atoms with Crippen molar-refractivity contribution in [1.82, 2.24) is 10.2 Å². The van der Waals surface area contributed by atoms with E-state index in [0.717, 1.165) is 38.6 Å². The topological polar surface area (TPSA) is 46.1 Å². The standard InChI is InChI=1S/C22H16ClN3O/c1-13-7-9-16-17-12-15(8-10-18(17)24-25-19(16)11-13)26-21(20(23)22(26)27)14-5-3-2-4-6-14/h2-12,20-21H,1H3. The van der Waals surface area contributed by atoms with Gasteiger partial charge in [0.2, 0.25) is 5.91 Å². The van der Waals surface area contributed by atoms with Crippen LogP contribution in [-0.4, -0.2) is 21.5 Å². The molecule has 4 aromatic rings. The van der Waals surface area contributed by atoms with Crippen molar-refractivity contribution in [2.45, 2.75) is 18.3 Å². The zero-order valence-electron chi connectivity index (χ0n) is 14.6. The Labute approximate surface area is 161 Å². The predicted octanol–water partition coefficient (Wildman–Crippen LogP) is 4.79. The van der Waals surface area contributed by atoms with Crippen molar-refractivity contribution in [1.29, 1.82) is 0 Å². The zero-order valence-corrected chi connectivity index (χ0v) is 15.4. The molecule has 1 aliphatic heterocycles. The van der Waals surface area contributed by atoms with Crippen molar-refractivity contribution in [3.63, 3.8) is 0 Å². The summed E-state index contributed by atoms with van der Waals surface area (Å²) < 4.78 is 0. The van der Waals surface area contributed by atoms with E-state index in [1.54, 1.807) is 4.90 Å². The number of amides is 1. The van der Waals surface area contributed by atoms with Crippen molar-refractivity contribution in [2.24, 2.45) is 0 Å². The highest BCUT2D eigenvalue weighted by Gasteiger charge is 2.47. The van der Waals surface area contributed by atoms with Gasteiger partial charge in [0.15, 0.2) is 0 Å². The number of hydrogen-bond acceptors (Lipinski definition) is 3. The van der Waals surface area contributed by atoms with E-state index in [0.29, 0.717) is 0 Å². The van der Waals surface area contributed by atoms with Gasteiger partial charge in [-0.3, -0.25) is 4.79 Å². The van der Waals surface area contributed by atoms with Gasteiger partial charge in [-0.25, -0.2) is 0 Å². The molecule has 0 saturated carbocycles. The first-order chi connectivity index (χ1) is 13.1. The number of fused-ring (bicyclic) bond motifs is 3. The van der Waals surface area contributed by atoms with Crippen LogP contribution in [0.4, 0.5) is 5.69 Å². The molecule has 1 saturated heterocycles. The maximum atomic E-state index is 12.6. The lowest BCUT2D eigenvalue weighted by Gasteiger charge is -2.44. The summed E-state index contributed by atoms with van der Waals surface area (Å²) in [6, 6.07) is 21.7. The number of halogens is 1. The monoisotopic (exact) mass is 373 g/mol. The summed E-state index contributed by atoms with van der Waals surface area (Å²) in [6.45, 7) is 2.03. The van der Waals surface area contributed by atoms with Crippen LogP contribution in [0.5, 0.6) is 0 Å². The second-order valence-corrected chi connectivity index (χ2v) is 7.36. The number of hydrogen-bond donors (Lipinski definition) is 0. The van der Waals surface area contributed by atoms with Crippen LogP contribution >= 0.6 is 11.6 Å². The molecule has 0 N–H and O–H groups in total. The predicted molar refractivity (Wildman–Crippen MR) is 108 cm³/mol. The highest BCUT2D eigenvalue weighted by molar-refractivity contribution is 6.37. The number of aryl methyl sites for hydroxylation is 1. The molecule has 0 aliphatic carbocycles. The summed E-state index contributed by atoms with van der Waals surface area (Å²) in [5.74, 6) is -0.0768. The van der Waals surface area contributed by atoms with Gasteiger partial charge in [0.25, 0.3) is 0 Å². The normalized spacial score (nSPS) is 19.5. The Morgan fingerprint density at radius 3 is 2.48 bits per heavy atom. The summed E-state index contributed by atoms with van der Waals surface area (Å²) in [5.41, 5.74) is 4.66. The van der Waals surface area contributed by atoms with Gasteiger partial charge in [-0.15, -0.1) is 21.8 Å². The Hall–Kier alpha value is -2.98.